The van der Waals surface area contributed by atoms with Crippen molar-refractivity contribution in [2.45, 2.75) is 26.4 Å². The number of hydrogen-bond acceptors (Lipinski definition) is 4. The fraction of sp³-hybridized carbons (Fsp3) is 0.375. The maximum atomic E-state index is 6.31. The van der Waals surface area contributed by atoms with E-state index < -0.39 is 0 Å². The first kappa shape index (κ1) is 15.7. The van der Waals surface area contributed by atoms with E-state index in [1.165, 1.54) is 0 Å². The number of ether oxygens (including phenoxy) is 2. The molecule has 0 atom stereocenters. The van der Waals surface area contributed by atoms with Gasteiger partial charge in [-0.05, 0) is 18.2 Å². The minimum atomic E-state index is 0.379. The van der Waals surface area contributed by atoms with Gasteiger partial charge in [-0.3, -0.25) is 0 Å². The van der Waals surface area contributed by atoms with Gasteiger partial charge in [-0.1, -0.05) is 25.4 Å². The van der Waals surface area contributed by atoms with Crippen LogP contribution >= 0.6 is 11.6 Å². The molecule has 1 N–H and O–H groups in total. The summed E-state index contributed by atoms with van der Waals surface area (Å²) in [6, 6.07) is 6.04. The molecule has 0 spiro atoms. The summed E-state index contributed by atoms with van der Waals surface area (Å²) in [7, 11) is 3.17. The van der Waals surface area contributed by atoms with Crippen LogP contribution in [0.4, 0.5) is 0 Å². The predicted octanol–water partition coefficient (Wildman–Crippen LogP) is 4.12. The van der Waals surface area contributed by atoms with E-state index in [4.69, 9.17) is 25.5 Å². The van der Waals surface area contributed by atoms with Crippen molar-refractivity contribution in [2.75, 3.05) is 14.2 Å². The molecule has 2 rings (SSSR count). The molecule has 0 aliphatic heterocycles. The van der Waals surface area contributed by atoms with Crippen LogP contribution in [0.15, 0.2) is 28.9 Å². The molecule has 0 unspecified atom stereocenters. The van der Waals surface area contributed by atoms with E-state index in [9.17, 15) is 0 Å². The molecule has 4 nitrogen and oxygen atoms in total. The van der Waals surface area contributed by atoms with Crippen molar-refractivity contribution in [1.82, 2.24) is 5.32 Å². The summed E-state index contributed by atoms with van der Waals surface area (Å²) in [5.41, 5.74) is 1.85. The number of furan rings is 1. The van der Waals surface area contributed by atoms with Gasteiger partial charge in [0.15, 0.2) is 0 Å². The summed E-state index contributed by atoms with van der Waals surface area (Å²) in [5.74, 6) is 2.02. The molecule has 2 aromatic rings. The Morgan fingerprint density at radius 1 is 1.14 bits per heavy atom. The monoisotopic (exact) mass is 309 g/mol. The van der Waals surface area contributed by atoms with Crippen molar-refractivity contribution < 1.29 is 13.9 Å². The molecule has 0 fully saturated rings. The van der Waals surface area contributed by atoms with Gasteiger partial charge in [0.1, 0.15) is 22.3 Å². The van der Waals surface area contributed by atoms with E-state index in [0.717, 1.165) is 16.9 Å². The number of nitrogens with one attached hydrogen (secondary N) is 1. The minimum Gasteiger partial charge on any atom is -0.495 e. The van der Waals surface area contributed by atoms with E-state index in [0.29, 0.717) is 29.1 Å². The van der Waals surface area contributed by atoms with Crippen LogP contribution in [0.2, 0.25) is 5.02 Å². The average molecular weight is 310 g/mol. The van der Waals surface area contributed by atoms with Crippen molar-refractivity contribution in [3.05, 3.63) is 35.2 Å². The molecule has 0 bridgehead atoms. The van der Waals surface area contributed by atoms with Crippen LogP contribution in [-0.2, 0) is 6.54 Å². The molecule has 0 saturated heterocycles. The van der Waals surface area contributed by atoms with Crippen LogP contribution in [-0.4, -0.2) is 20.3 Å². The molecule has 0 aliphatic carbocycles. The lowest BCUT2D eigenvalue weighted by Crippen LogP contribution is -2.21. The Morgan fingerprint density at radius 3 is 2.52 bits per heavy atom. The van der Waals surface area contributed by atoms with Gasteiger partial charge in [-0.2, -0.15) is 0 Å². The topological polar surface area (TPSA) is 43.6 Å². The quantitative estimate of drug-likeness (QED) is 0.872. The zero-order valence-corrected chi connectivity index (χ0v) is 13.5. The maximum Gasteiger partial charge on any atom is 0.149 e. The molecule has 114 valence electrons. The zero-order chi connectivity index (χ0) is 15.4. The minimum absolute atomic E-state index is 0.379. The highest BCUT2D eigenvalue weighted by Gasteiger charge is 2.18. The summed E-state index contributed by atoms with van der Waals surface area (Å²) >= 11 is 6.31. The smallest absolute Gasteiger partial charge is 0.149 e. The summed E-state index contributed by atoms with van der Waals surface area (Å²) in [6.45, 7) is 4.83. The number of rotatable bonds is 6. The van der Waals surface area contributed by atoms with Crippen LogP contribution in [0.3, 0.4) is 0 Å². The number of benzene rings is 1. The van der Waals surface area contributed by atoms with E-state index in [-0.39, 0.29) is 0 Å². The summed E-state index contributed by atoms with van der Waals surface area (Å²) in [5, 5.41) is 3.80. The van der Waals surface area contributed by atoms with E-state index in [2.05, 4.69) is 19.2 Å². The highest BCUT2D eigenvalue weighted by molar-refractivity contribution is 6.34. The second kappa shape index (κ2) is 6.87. The summed E-state index contributed by atoms with van der Waals surface area (Å²) in [4.78, 5) is 0. The van der Waals surface area contributed by atoms with Gasteiger partial charge in [0.25, 0.3) is 0 Å². The van der Waals surface area contributed by atoms with Gasteiger partial charge < -0.3 is 19.2 Å². The SMILES string of the molecule is COc1ccc(-c2ccoc2CNC(C)C)c(OC)c1Cl. The maximum absolute atomic E-state index is 6.31. The number of halogens is 1. The van der Waals surface area contributed by atoms with Gasteiger partial charge >= 0.3 is 0 Å². The van der Waals surface area contributed by atoms with E-state index in [1.54, 1.807) is 20.5 Å². The standard InChI is InChI=1S/C16H20ClNO3/c1-10(2)18-9-14-11(7-8-21-14)12-5-6-13(19-3)15(17)16(12)20-4/h5-8,10,18H,9H2,1-4H3. The summed E-state index contributed by atoms with van der Waals surface area (Å²) in [6.07, 6.45) is 1.67. The van der Waals surface area contributed by atoms with Gasteiger partial charge in [0.2, 0.25) is 0 Å². The van der Waals surface area contributed by atoms with E-state index >= 15 is 0 Å². The van der Waals surface area contributed by atoms with Crippen LogP contribution in [0.25, 0.3) is 11.1 Å². The Bertz CT molecular complexity index is 608. The molecule has 1 aromatic carbocycles. The largest absolute Gasteiger partial charge is 0.495 e. The predicted molar refractivity (Wildman–Crippen MR) is 84.2 cm³/mol. The van der Waals surface area contributed by atoms with Gasteiger partial charge in [0, 0.05) is 17.2 Å². The molecular weight excluding hydrogens is 290 g/mol. The molecule has 1 heterocycles. The first-order valence-electron chi connectivity index (χ1n) is 6.79. The first-order valence-corrected chi connectivity index (χ1v) is 7.16. The molecule has 5 heteroatoms. The third kappa shape index (κ3) is 3.34. The average Bonchev–Trinajstić information content (AvgIpc) is 2.92. The molecule has 21 heavy (non-hydrogen) atoms. The van der Waals surface area contributed by atoms with Crippen LogP contribution in [0.5, 0.6) is 11.5 Å². The molecule has 0 aliphatic rings. The van der Waals surface area contributed by atoms with Gasteiger partial charge in [-0.15, -0.1) is 0 Å². The lowest BCUT2D eigenvalue weighted by atomic mass is 10.0. The van der Waals surface area contributed by atoms with Crippen LogP contribution in [0, 0.1) is 0 Å². The van der Waals surface area contributed by atoms with Gasteiger partial charge in [0.05, 0.1) is 27.0 Å². The zero-order valence-electron chi connectivity index (χ0n) is 12.7. The van der Waals surface area contributed by atoms with Crippen LogP contribution < -0.4 is 14.8 Å². The highest BCUT2D eigenvalue weighted by Crippen LogP contribution is 2.42. The molecule has 0 radical (unpaired) electrons. The fourth-order valence-electron chi connectivity index (χ4n) is 2.12. The van der Waals surface area contributed by atoms with Crippen molar-refractivity contribution in [3.63, 3.8) is 0 Å². The summed E-state index contributed by atoms with van der Waals surface area (Å²) < 4.78 is 16.2. The van der Waals surface area contributed by atoms with Gasteiger partial charge in [-0.25, -0.2) is 0 Å². The molecule has 0 amide bonds. The fourth-order valence-corrected chi connectivity index (χ4v) is 2.44. The Kier molecular flexibility index (Phi) is 5.15. The first-order chi connectivity index (χ1) is 10.1. The Morgan fingerprint density at radius 2 is 1.90 bits per heavy atom. The molecule has 1 aromatic heterocycles. The Balaban J connectivity index is 2.43. The molecular formula is C16H20ClNO3. The third-order valence-corrected chi connectivity index (χ3v) is 3.55. The van der Waals surface area contributed by atoms with Crippen molar-refractivity contribution in [3.8, 4) is 22.6 Å². The number of hydrogen-bond donors (Lipinski definition) is 1. The van der Waals surface area contributed by atoms with Crippen molar-refractivity contribution >= 4 is 11.6 Å². The second-order valence-electron chi connectivity index (χ2n) is 4.96. The Labute approximate surface area is 130 Å². The Hall–Kier alpha value is -1.65. The van der Waals surface area contributed by atoms with Crippen LogP contribution in [0.1, 0.15) is 19.6 Å². The second-order valence-corrected chi connectivity index (χ2v) is 5.33. The van der Waals surface area contributed by atoms with E-state index in [1.807, 2.05) is 18.2 Å². The lowest BCUT2D eigenvalue weighted by molar-refractivity contribution is 0.395. The normalized spacial score (nSPS) is 11.0. The lowest BCUT2D eigenvalue weighted by Gasteiger charge is -2.14. The third-order valence-electron chi connectivity index (χ3n) is 3.19. The number of methoxy groups -OCH3 is 2. The molecule has 0 saturated carbocycles. The van der Waals surface area contributed by atoms with Crippen molar-refractivity contribution in [1.29, 1.82) is 0 Å². The van der Waals surface area contributed by atoms with Crippen molar-refractivity contribution in [2.24, 2.45) is 0 Å². The highest BCUT2D eigenvalue weighted by atomic mass is 35.5.